The predicted octanol–water partition coefficient (Wildman–Crippen LogP) is 5.06. The van der Waals surface area contributed by atoms with Crippen molar-refractivity contribution in [2.24, 2.45) is 0 Å². The van der Waals surface area contributed by atoms with Gasteiger partial charge in [-0.15, -0.1) is 35.0 Å². The number of nitrogens with zero attached hydrogens (tertiary/aromatic N) is 3. The van der Waals surface area contributed by atoms with E-state index in [9.17, 15) is 8.78 Å². The van der Waals surface area contributed by atoms with Crippen molar-refractivity contribution in [1.82, 2.24) is 19.9 Å². The number of benzene rings is 2. The molecule has 0 fully saturated rings. The van der Waals surface area contributed by atoms with Crippen LogP contribution in [0.5, 0.6) is 0 Å². The highest BCUT2D eigenvalue weighted by Gasteiger charge is 2.13. The maximum atomic E-state index is 14.0. The van der Waals surface area contributed by atoms with Crippen LogP contribution in [0.1, 0.15) is 11.1 Å². The molecular formula is C22H22Cl2F2N4OS. The summed E-state index contributed by atoms with van der Waals surface area (Å²) in [7, 11) is 0. The molecule has 5 nitrogen and oxygen atoms in total. The number of aliphatic hydroxyl groups excluding tert-OH is 1. The Labute approximate surface area is 201 Å². The molecule has 0 bridgehead atoms. The lowest BCUT2D eigenvalue weighted by Crippen LogP contribution is -2.17. The Hall–Kier alpha value is -2.23. The quantitative estimate of drug-likeness (QED) is 0.348. The number of nitrogens with one attached hydrogen (secondary N) is 1. The number of rotatable bonds is 7. The highest BCUT2D eigenvalue weighted by atomic mass is 35.5. The average molecular weight is 499 g/mol. The molecule has 2 aromatic heterocycles. The van der Waals surface area contributed by atoms with E-state index in [-0.39, 0.29) is 31.4 Å². The molecule has 0 aliphatic rings. The van der Waals surface area contributed by atoms with Gasteiger partial charge in [-0.25, -0.2) is 8.78 Å². The topological polar surface area (TPSA) is 62.5 Å². The van der Waals surface area contributed by atoms with E-state index in [0.29, 0.717) is 29.5 Å². The fraction of sp³-hybridized carbons (Fsp3) is 0.182. The Morgan fingerprint density at radius 3 is 2.56 bits per heavy atom. The molecule has 32 heavy (non-hydrogen) atoms. The van der Waals surface area contributed by atoms with Crippen LogP contribution in [0.15, 0.2) is 64.5 Å². The number of aliphatic hydroxyl groups is 1. The molecule has 2 heterocycles. The van der Waals surface area contributed by atoms with Crippen LogP contribution in [-0.4, -0.2) is 32.9 Å². The van der Waals surface area contributed by atoms with Crippen molar-refractivity contribution in [3.63, 3.8) is 0 Å². The zero-order valence-electron chi connectivity index (χ0n) is 17.1. The lowest BCUT2D eigenvalue weighted by Gasteiger charge is -2.09. The van der Waals surface area contributed by atoms with Crippen LogP contribution in [0.25, 0.3) is 17.0 Å². The predicted molar refractivity (Wildman–Crippen MR) is 127 cm³/mol. The fourth-order valence-corrected chi connectivity index (χ4v) is 4.04. The van der Waals surface area contributed by atoms with E-state index < -0.39 is 11.6 Å². The van der Waals surface area contributed by atoms with Gasteiger partial charge in [0.2, 0.25) is 0 Å². The molecule has 0 saturated carbocycles. The van der Waals surface area contributed by atoms with Crippen LogP contribution < -0.4 is 5.32 Å². The van der Waals surface area contributed by atoms with E-state index in [4.69, 9.17) is 5.11 Å². The van der Waals surface area contributed by atoms with Crippen LogP contribution in [0.3, 0.4) is 0 Å². The highest BCUT2D eigenvalue weighted by molar-refractivity contribution is 7.99. The van der Waals surface area contributed by atoms with E-state index in [0.717, 1.165) is 27.7 Å². The summed E-state index contributed by atoms with van der Waals surface area (Å²) in [5.41, 5.74) is 3.79. The van der Waals surface area contributed by atoms with Gasteiger partial charge in [-0.2, -0.15) is 0 Å². The maximum absolute atomic E-state index is 14.0. The summed E-state index contributed by atoms with van der Waals surface area (Å²) < 4.78 is 29.1. The van der Waals surface area contributed by atoms with Gasteiger partial charge >= 0.3 is 0 Å². The van der Waals surface area contributed by atoms with Crippen LogP contribution >= 0.6 is 36.6 Å². The number of aryl methyl sites for hydroxylation is 1. The Morgan fingerprint density at radius 2 is 1.84 bits per heavy atom. The van der Waals surface area contributed by atoms with Crippen molar-refractivity contribution in [3.05, 3.63) is 77.5 Å². The summed E-state index contributed by atoms with van der Waals surface area (Å²) in [6.07, 6.45) is 1.86. The lowest BCUT2D eigenvalue weighted by atomic mass is 10.0. The molecule has 2 N–H and O–H groups in total. The summed E-state index contributed by atoms with van der Waals surface area (Å²) in [6.45, 7) is 3.33. The summed E-state index contributed by atoms with van der Waals surface area (Å²) in [5.74, 6) is -0.497. The largest absolute Gasteiger partial charge is 0.395 e. The van der Waals surface area contributed by atoms with Gasteiger partial charge in [0.05, 0.1) is 6.61 Å². The van der Waals surface area contributed by atoms with Gasteiger partial charge in [0.1, 0.15) is 11.6 Å². The molecule has 0 radical (unpaired) electrons. The molecule has 0 atom stereocenters. The number of fused-ring (bicyclic) bond motifs is 1. The number of hydrogen-bond donors (Lipinski definition) is 2. The Morgan fingerprint density at radius 1 is 1.03 bits per heavy atom. The number of halogens is 4. The van der Waals surface area contributed by atoms with Crippen molar-refractivity contribution in [1.29, 1.82) is 0 Å². The lowest BCUT2D eigenvalue weighted by molar-refractivity contribution is 0.292. The van der Waals surface area contributed by atoms with Crippen molar-refractivity contribution in [3.8, 4) is 11.4 Å². The second kappa shape index (κ2) is 11.6. The molecule has 0 saturated heterocycles. The number of hydrogen-bond acceptors (Lipinski definition) is 5. The summed E-state index contributed by atoms with van der Waals surface area (Å²) >= 11 is 1.22. The molecule has 0 unspecified atom stereocenters. The normalized spacial score (nSPS) is 10.6. The standard InChI is InChI=1S/C22H20F2N4OS.2ClH/c1-14-10-15(12-25-8-9-29)2-5-18(14)22-27-26-21-7-4-17(13-28(21)22)30-20-6-3-16(23)11-19(20)24;;/h2-7,10-11,13,25,29H,8-9,12H2,1H3;2*1H. The Bertz CT molecular complexity index is 1210. The van der Waals surface area contributed by atoms with E-state index in [1.807, 2.05) is 41.8 Å². The Balaban J connectivity index is 0.00000181. The van der Waals surface area contributed by atoms with Gasteiger partial charge in [0, 0.05) is 40.7 Å². The molecule has 0 amide bonds. The highest BCUT2D eigenvalue weighted by Crippen LogP contribution is 2.31. The van der Waals surface area contributed by atoms with Gasteiger partial charge in [-0.1, -0.05) is 30.0 Å². The minimum atomic E-state index is -0.598. The molecular weight excluding hydrogens is 477 g/mol. The molecule has 4 aromatic rings. The van der Waals surface area contributed by atoms with Crippen molar-refractivity contribution in [2.45, 2.75) is 23.3 Å². The zero-order chi connectivity index (χ0) is 21.1. The molecule has 170 valence electrons. The maximum Gasteiger partial charge on any atom is 0.168 e. The van der Waals surface area contributed by atoms with Gasteiger partial charge in [0.15, 0.2) is 11.5 Å². The SMILES string of the molecule is Cc1cc(CNCCO)ccc1-c1nnc2ccc(Sc3ccc(F)cc3F)cn12.Cl.Cl. The number of pyridine rings is 1. The minimum Gasteiger partial charge on any atom is -0.395 e. The number of aromatic nitrogens is 3. The molecule has 10 heteroatoms. The summed E-state index contributed by atoms with van der Waals surface area (Å²) in [5, 5.41) is 20.6. The third-order valence-corrected chi connectivity index (χ3v) is 5.67. The van der Waals surface area contributed by atoms with Crippen LogP contribution in [0.4, 0.5) is 8.78 Å². The molecule has 2 aromatic carbocycles. The smallest absolute Gasteiger partial charge is 0.168 e. The second-order valence-electron chi connectivity index (χ2n) is 6.84. The van der Waals surface area contributed by atoms with E-state index in [2.05, 4.69) is 21.6 Å². The first-order valence-corrected chi connectivity index (χ1v) is 10.3. The van der Waals surface area contributed by atoms with Gasteiger partial charge < -0.3 is 10.4 Å². The second-order valence-corrected chi connectivity index (χ2v) is 7.96. The van der Waals surface area contributed by atoms with Crippen molar-refractivity contribution in [2.75, 3.05) is 13.2 Å². The van der Waals surface area contributed by atoms with Gasteiger partial charge in [-0.3, -0.25) is 4.40 Å². The molecule has 0 aliphatic carbocycles. The molecule has 0 aliphatic heterocycles. The van der Waals surface area contributed by atoms with Crippen LogP contribution in [-0.2, 0) is 6.54 Å². The molecule has 4 rings (SSSR count). The third-order valence-electron chi connectivity index (χ3n) is 4.65. The summed E-state index contributed by atoms with van der Waals surface area (Å²) in [6, 6.07) is 13.3. The van der Waals surface area contributed by atoms with E-state index in [1.54, 1.807) is 0 Å². The monoisotopic (exact) mass is 498 g/mol. The van der Waals surface area contributed by atoms with Crippen LogP contribution in [0, 0.1) is 18.6 Å². The zero-order valence-corrected chi connectivity index (χ0v) is 19.5. The summed E-state index contributed by atoms with van der Waals surface area (Å²) in [4.78, 5) is 1.14. The minimum absolute atomic E-state index is 0. The molecule has 0 spiro atoms. The first-order chi connectivity index (χ1) is 14.5. The van der Waals surface area contributed by atoms with Gasteiger partial charge in [-0.05, 0) is 42.3 Å². The van der Waals surface area contributed by atoms with Crippen molar-refractivity contribution >= 4 is 42.2 Å². The van der Waals surface area contributed by atoms with Gasteiger partial charge in [0.25, 0.3) is 0 Å². The Kier molecular flexibility index (Phi) is 9.42. The van der Waals surface area contributed by atoms with Crippen molar-refractivity contribution < 1.29 is 13.9 Å². The van der Waals surface area contributed by atoms with E-state index >= 15 is 0 Å². The third kappa shape index (κ3) is 5.76. The van der Waals surface area contributed by atoms with Crippen LogP contribution in [0.2, 0.25) is 0 Å². The first kappa shape index (κ1) is 26.0. The fourth-order valence-electron chi connectivity index (χ4n) is 3.20. The average Bonchev–Trinajstić information content (AvgIpc) is 3.13. The van der Waals surface area contributed by atoms with E-state index in [1.165, 1.54) is 23.9 Å². The first-order valence-electron chi connectivity index (χ1n) is 9.44.